The van der Waals surface area contributed by atoms with Crippen molar-refractivity contribution >= 4 is 13.7 Å². The summed E-state index contributed by atoms with van der Waals surface area (Å²) in [5.41, 5.74) is 0. The number of rotatable bonds is 59. The van der Waals surface area contributed by atoms with E-state index in [-0.39, 0.29) is 19.1 Å². The maximum atomic E-state index is 13.0. The van der Waals surface area contributed by atoms with Gasteiger partial charge < -0.3 is 19.8 Å². The van der Waals surface area contributed by atoms with Crippen LogP contribution in [0.25, 0.3) is 0 Å². The predicted molar refractivity (Wildman–Crippen MR) is 327 cm³/mol. The van der Waals surface area contributed by atoms with Crippen molar-refractivity contribution in [2.24, 2.45) is 0 Å². The van der Waals surface area contributed by atoms with Crippen LogP contribution in [0, 0.1) is 0 Å². The zero-order chi connectivity index (χ0) is 54.9. The molecule has 9 heteroatoms. The molecule has 0 radical (unpaired) electrons. The number of aliphatic hydroxyl groups is 1. The molecule has 0 fully saturated rings. The molecular formula is C66H126N2O6P+. The van der Waals surface area contributed by atoms with Crippen LogP contribution in [0.15, 0.2) is 60.8 Å². The monoisotopic (exact) mass is 1070 g/mol. The topological polar surface area (TPSA) is 105 Å². The Bertz CT molecular complexity index is 1400. The first-order valence-corrected chi connectivity index (χ1v) is 33.7. The van der Waals surface area contributed by atoms with Crippen molar-refractivity contribution < 1.29 is 32.9 Å². The third-order valence-electron chi connectivity index (χ3n) is 14.5. The number of nitrogens with one attached hydrogen (secondary N) is 1. The van der Waals surface area contributed by atoms with Crippen LogP contribution >= 0.6 is 7.82 Å². The molecule has 0 spiro atoms. The summed E-state index contributed by atoms with van der Waals surface area (Å²) in [4.78, 5) is 23.3. The molecule has 0 aromatic carbocycles. The second-order valence-corrected chi connectivity index (χ2v) is 24.6. The number of amides is 1. The Morgan fingerprint density at radius 2 is 0.773 bits per heavy atom. The molecule has 3 unspecified atom stereocenters. The highest BCUT2D eigenvalue weighted by atomic mass is 31.2. The molecule has 0 aromatic heterocycles. The number of nitrogens with zero attached hydrogens (tertiary/aromatic N) is 1. The summed E-state index contributed by atoms with van der Waals surface area (Å²) in [6.07, 6.45) is 78.1. The van der Waals surface area contributed by atoms with Gasteiger partial charge in [-0.3, -0.25) is 13.8 Å². The highest BCUT2D eigenvalue weighted by molar-refractivity contribution is 7.47. The van der Waals surface area contributed by atoms with E-state index in [4.69, 9.17) is 9.05 Å². The SMILES string of the molecule is CCCCCCC/C=C\C/C=C\C/C=C\CCCCCCCCCCCCCCCCCCCCCCCCCCCCC(=O)NC(COP(=O)(O)OCC[N+](C)(C)C)C(O)/C=C/CC/C=C/CCCCCCCC. The quantitative estimate of drug-likeness (QED) is 0.0243. The van der Waals surface area contributed by atoms with E-state index >= 15 is 0 Å². The van der Waals surface area contributed by atoms with E-state index in [0.717, 1.165) is 51.4 Å². The van der Waals surface area contributed by atoms with Crippen LogP contribution in [0.4, 0.5) is 0 Å². The van der Waals surface area contributed by atoms with Gasteiger partial charge in [-0.25, -0.2) is 4.57 Å². The third-order valence-corrected chi connectivity index (χ3v) is 15.4. The van der Waals surface area contributed by atoms with Gasteiger partial charge in [0.1, 0.15) is 13.2 Å². The summed E-state index contributed by atoms with van der Waals surface area (Å²) in [5, 5.41) is 13.9. The minimum atomic E-state index is -4.35. The van der Waals surface area contributed by atoms with Gasteiger partial charge in [0.15, 0.2) is 0 Å². The minimum Gasteiger partial charge on any atom is -0.387 e. The van der Waals surface area contributed by atoms with E-state index in [1.165, 1.54) is 231 Å². The highest BCUT2D eigenvalue weighted by Gasteiger charge is 2.27. The van der Waals surface area contributed by atoms with Crippen molar-refractivity contribution in [2.75, 3.05) is 40.9 Å². The lowest BCUT2D eigenvalue weighted by atomic mass is 10.0. The molecule has 0 heterocycles. The van der Waals surface area contributed by atoms with Crippen molar-refractivity contribution in [2.45, 2.75) is 315 Å². The number of phosphoric ester groups is 1. The largest absolute Gasteiger partial charge is 0.472 e. The second-order valence-electron chi connectivity index (χ2n) is 23.1. The van der Waals surface area contributed by atoms with Crippen LogP contribution in [0.1, 0.15) is 303 Å². The van der Waals surface area contributed by atoms with Crippen molar-refractivity contribution in [3.63, 3.8) is 0 Å². The number of carbonyl (C=O) groups is 1. The van der Waals surface area contributed by atoms with E-state index in [2.05, 4.69) is 67.8 Å². The lowest BCUT2D eigenvalue weighted by Crippen LogP contribution is -2.45. The second kappa shape index (κ2) is 56.9. The molecular weight excluding hydrogens is 948 g/mol. The first kappa shape index (κ1) is 73.2. The fraction of sp³-hybridized carbons (Fsp3) is 0.833. The summed E-state index contributed by atoms with van der Waals surface area (Å²) in [7, 11) is 1.56. The molecule has 0 bridgehead atoms. The first-order valence-electron chi connectivity index (χ1n) is 32.2. The van der Waals surface area contributed by atoms with E-state index in [9.17, 15) is 19.4 Å². The van der Waals surface area contributed by atoms with Crippen molar-refractivity contribution in [1.82, 2.24) is 5.32 Å². The molecule has 3 atom stereocenters. The molecule has 0 saturated heterocycles. The molecule has 1 amide bonds. The summed E-state index contributed by atoms with van der Waals surface area (Å²) in [5.74, 6) is -0.184. The zero-order valence-corrected chi connectivity index (χ0v) is 51.2. The van der Waals surface area contributed by atoms with Crippen LogP contribution in [0.3, 0.4) is 0 Å². The average molecular weight is 1070 g/mol. The van der Waals surface area contributed by atoms with Gasteiger partial charge in [0, 0.05) is 6.42 Å². The number of quaternary nitrogens is 1. The first-order chi connectivity index (χ1) is 36.5. The summed E-state index contributed by atoms with van der Waals surface area (Å²) in [6, 6.07) is -0.862. The number of carbonyl (C=O) groups excluding carboxylic acids is 1. The van der Waals surface area contributed by atoms with Crippen molar-refractivity contribution in [3.05, 3.63) is 60.8 Å². The number of phosphoric acid groups is 1. The Labute approximate surface area is 466 Å². The molecule has 0 aliphatic heterocycles. The summed E-state index contributed by atoms with van der Waals surface area (Å²) >= 11 is 0. The Morgan fingerprint density at radius 1 is 0.453 bits per heavy atom. The van der Waals surface area contributed by atoms with Gasteiger partial charge in [0.2, 0.25) is 5.91 Å². The number of unbranched alkanes of at least 4 members (excludes halogenated alkanes) is 38. The maximum absolute atomic E-state index is 13.0. The molecule has 0 aliphatic carbocycles. The van der Waals surface area contributed by atoms with Crippen LogP contribution in [0.2, 0.25) is 0 Å². The molecule has 0 saturated carbocycles. The van der Waals surface area contributed by atoms with Crippen molar-refractivity contribution in [3.8, 4) is 0 Å². The van der Waals surface area contributed by atoms with E-state index in [1.807, 2.05) is 27.2 Å². The Balaban J connectivity index is 3.84. The molecule has 3 N–H and O–H groups in total. The molecule has 0 aromatic rings. The number of allylic oxidation sites excluding steroid dienone is 9. The molecule has 0 aliphatic rings. The summed E-state index contributed by atoms with van der Waals surface area (Å²) in [6.45, 7) is 4.78. The van der Waals surface area contributed by atoms with Gasteiger partial charge in [-0.2, -0.15) is 0 Å². The fourth-order valence-electron chi connectivity index (χ4n) is 9.42. The van der Waals surface area contributed by atoms with Crippen molar-refractivity contribution in [1.29, 1.82) is 0 Å². The Kier molecular flexibility index (Phi) is 55.5. The molecule has 0 rings (SSSR count). The van der Waals surface area contributed by atoms with E-state index < -0.39 is 20.0 Å². The van der Waals surface area contributed by atoms with Gasteiger partial charge in [-0.05, 0) is 70.6 Å². The predicted octanol–water partition coefficient (Wildman–Crippen LogP) is 20.0. The molecule has 8 nitrogen and oxygen atoms in total. The van der Waals surface area contributed by atoms with Crippen LogP contribution in [-0.4, -0.2) is 73.4 Å². The minimum absolute atomic E-state index is 0.0566. The van der Waals surface area contributed by atoms with Gasteiger partial charge in [0.25, 0.3) is 0 Å². The number of hydrogen-bond donors (Lipinski definition) is 3. The van der Waals surface area contributed by atoms with Gasteiger partial charge in [-0.15, -0.1) is 0 Å². The molecule has 75 heavy (non-hydrogen) atoms. The fourth-order valence-corrected chi connectivity index (χ4v) is 10.2. The van der Waals surface area contributed by atoms with Gasteiger partial charge in [-0.1, -0.05) is 286 Å². The average Bonchev–Trinajstić information content (AvgIpc) is 3.37. The van der Waals surface area contributed by atoms with E-state index in [0.29, 0.717) is 17.4 Å². The third kappa shape index (κ3) is 59.7. The van der Waals surface area contributed by atoms with Crippen LogP contribution < -0.4 is 5.32 Å². The Hall–Kier alpha value is -1.80. The maximum Gasteiger partial charge on any atom is 0.472 e. The van der Waals surface area contributed by atoms with Crippen LogP contribution in [-0.2, 0) is 18.4 Å². The lowest BCUT2D eigenvalue weighted by molar-refractivity contribution is -0.870. The number of likely N-dealkylation sites (N-methyl/N-ethyl adjacent to an activating group) is 1. The molecule has 440 valence electrons. The van der Waals surface area contributed by atoms with Gasteiger partial charge in [0.05, 0.1) is 39.9 Å². The normalized spacial score (nSPS) is 14.2. The van der Waals surface area contributed by atoms with Gasteiger partial charge >= 0.3 is 7.82 Å². The summed E-state index contributed by atoms with van der Waals surface area (Å²) < 4.78 is 23.6. The Morgan fingerprint density at radius 3 is 1.16 bits per heavy atom. The lowest BCUT2D eigenvalue weighted by Gasteiger charge is -2.25. The standard InChI is InChI=1S/C66H125N2O6P/c1-6-8-10-12-14-16-18-20-21-22-23-24-25-26-27-28-29-30-31-32-33-34-35-36-37-38-39-40-41-42-43-44-45-46-47-48-50-52-54-56-58-60-66(70)67-64(63-74-75(71,72)73-62-61-68(3,4)5)65(69)59-57-55-53-51-49-19-17-15-13-11-9-7-2/h18,20,22-23,25-26,49,51,57,59,64-65,69H,6-17,19,21,24,27-48,50,52-56,58,60-63H2,1-5H3,(H-,67,70,71,72)/p+1/b20-18-,23-22-,26-25-,51-49+,59-57+. The number of hydrogen-bond acceptors (Lipinski definition) is 5. The zero-order valence-electron chi connectivity index (χ0n) is 50.3. The number of aliphatic hydroxyl groups excluding tert-OH is 1. The van der Waals surface area contributed by atoms with E-state index in [1.54, 1.807) is 6.08 Å². The van der Waals surface area contributed by atoms with Crippen LogP contribution in [0.5, 0.6) is 0 Å². The highest BCUT2D eigenvalue weighted by Crippen LogP contribution is 2.43. The smallest absolute Gasteiger partial charge is 0.387 e.